The Morgan fingerprint density at radius 2 is 1.72 bits per heavy atom. The van der Waals surface area contributed by atoms with Crippen molar-refractivity contribution in [3.8, 4) is 0 Å². The fourth-order valence-corrected chi connectivity index (χ4v) is 3.45. The molecule has 0 spiro atoms. The number of alkyl halides is 1. The molecular formula is C12H17BrFO3P. The van der Waals surface area contributed by atoms with Crippen LogP contribution in [0.4, 0.5) is 4.39 Å². The number of hydrogen-bond donors (Lipinski definition) is 0. The van der Waals surface area contributed by atoms with Gasteiger partial charge in [0, 0.05) is 4.47 Å². The highest BCUT2D eigenvalue weighted by Gasteiger charge is 2.29. The van der Waals surface area contributed by atoms with Crippen LogP contribution in [0.3, 0.4) is 0 Å². The molecule has 0 bridgehead atoms. The SMILES string of the molecule is CCOP(=O)(CC(F)c1ccc(Br)cc1)OCC. The van der Waals surface area contributed by atoms with E-state index < -0.39 is 13.8 Å². The second kappa shape index (κ2) is 7.39. The van der Waals surface area contributed by atoms with E-state index in [9.17, 15) is 8.96 Å². The average Bonchev–Trinajstić information content (AvgIpc) is 2.30. The third-order valence-electron chi connectivity index (χ3n) is 2.27. The molecule has 0 saturated carbocycles. The van der Waals surface area contributed by atoms with Crippen molar-refractivity contribution < 1.29 is 18.0 Å². The van der Waals surface area contributed by atoms with E-state index in [-0.39, 0.29) is 19.4 Å². The molecule has 0 heterocycles. The van der Waals surface area contributed by atoms with Gasteiger partial charge >= 0.3 is 7.60 Å². The first-order valence-electron chi connectivity index (χ1n) is 5.78. The van der Waals surface area contributed by atoms with Crippen LogP contribution < -0.4 is 0 Å². The quantitative estimate of drug-likeness (QED) is 0.674. The molecule has 1 rings (SSSR count). The summed E-state index contributed by atoms with van der Waals surface area (Å²) < 4.78 is 37.2. The summed E-state index contributed by atoms with van der Waals surface area (Å²) in [5, 5.41) is 0. The molecular weight excluding hydrogens is 322 g/mol. The van der Waals surface area contributed by atoms with E-state index in [0.29, 0.717) is 5.56 Å². The highest BCUT2D eigenvalue weighted by atomic mass is 79.9. The lowest BCUT2D eigenvalue weighted by Gasteiger charge is -2.19. The highest BCUT2D eigenvalue weighted by molar-refractivity contribution is 9.10. The minimum absolute atomic E-state index is 0.240. The zero-order valence-corrected chi connectivity index (χ0v) is 12.9. The van der Waals surface area contributed by atoms with E-state index in [4.69, 9.17) is 9.05 Å². The van der Waals surface area contributed by atoms with E-state index >= 15 is 0 Å². The molecule has 0 aliphatic carbocycles. The minimum Gasteiger partial charge on any atom is -0.309 e. The Balaban J connectivity index is 2.74. The second-order valence-corrected chi connectivity index (χ2v) is 6.67. The fourth-order valence-electron chi connectivity index (χ4n) is 1.51. The summed E-state index contributed by atoms with van der Waals surface area (Å²) in [6.45, 7) is 3.89. The Morgan fingerprint density at radius 3 is 2.17 bits per heavy atom. The smallest absolute Gasteiger partial charge is 0.309 e. The summed E-state index contributed by atoms with van der Waals surface area (Å²) in [7, 11) is -3.34. The van der Waals surface area contributed by atoms with Crippen molar-refractivity contribution >= 4 is 23.5 Å². The molecule has 1 atom stereocenters. The Hall–Kier alpha value is -0.220. The summed E-state index contributed by atoms with van der Waals surface area (Å²) >= 11 is 3.28. The van der Waals surface area contributed by atoms with Crippen molar-refractivity contribution in [2.45, 2.75) is 20.0 Å². The van der Waals surface area contributed by atoms with Crippen molar-refractivity contribution in [3.05, 3.63) is 34.3 Å². The van der Waals surface area contributed by atoms with Crippen LogP contribution in [-0.4, -0.2) is 19.4 Å². The van der Waals surface area contributed by atoms with Gasteiger partial charge in [-0.1, -0.05) is 28.1 Å². The summed E-state index contributed by atoms with van der Waals surface area (Å²) in [6.07, 6.45) is -1.61. The number of rotatable bonds is 7. The summed E-state index contributed by atoms with van der Waals surface area (Å²) in [6, 6.07) is 6.79. The van der Waals surface area contributed by atoms with E-state index in [2.05, 4.69) is 15.9 Å². The molecule has 1 aromatic carbocycles. The van der Waals surface area contributed by atoms with E-state index in [0.717, 1.165) is 4.47 Å². The second-order valence-electron chi connectivity index (χ2n) is 3.65. The number of halogens is 2. The first kappa shape index (κ1) is 15.8. The zero-order valence-electron chi connectivity index (χ0n) is 10.4. The van der Waals surface area contributed by atoms with Crippen LogP contribution >= 0.6 is 23.5 Å². The predicted octanol–water partition coefficient (Wildman–Crippen LogP) is 4.73. The maximum absolute atomic E-state index is 14.1. The van der Waals surface area contributed by atoms with E-state index in [1.807, 2.05) is 0 Å². The minimum atomic E-state index is -3.34. The lowest BCUT2D eigenvalue weighted by molar-refractivity contribution is 0.210. The van der Waals surface area contributed by atoms with Gasteiger partial charge in [0.2, 0.25) is 0 Å². The molecule has 1 unspecified atom stereocenters. The molecule has 0 fully saturated rings. The van der Waals surface area contributed by atoms with Gasteiger partial charge in [-0.3, -0.25) is 4.57 Å². The molecule has 0 saturated heterocycles. The molecule has 0 aromatic heterocycles. The van der Waals surface area contributed by atoms with Crippen molar-refractivity contribution in [1.29, 1.82) is 0 Å². The van der Waals surface area contributed by atoms with Gasteiger partial charge in [-0.15, -0.1) is 0 Å². The van der Waals surface area contributed by atoms with Gasteiger partial charge in [0.25, 0.3) is 0 Å². The first-order valence-corrected chi connectivity index (χ1v) is 8.30. The lowest BCUT2D eigenvalue weighted by atomic mass is 10.1. The van der Waals surface area contributed by atoms with Gasteiger partial charge in [-0.05, 0) is 31.5 Å². The van der Waals surface area contributed by atoms with Gasteiger partial charge in [-0.2, -0.15) is 0 Å². The molecule has 0 N–H and O–H groups in total. The molecule has 0 aliphatic heterocycles. The van der Waals surface area contributed by atoms with Crippen LogP contribution in [0.2, 0.25) is 0 Å². The Morgan fingerprint density at radius 1 is 1.22 bits per heavy atom. The van der Waals surface area contributed by atoms with Crippen LogP contribution in [0, 0.1) is 0 Å². The molecule has 6 heteroatoms. The van der Waals surface area contributed by atoms with Gasteiger partial charge in [0.15, 0.2) is 0 Å². The maximum atomic E-state index is 14.1. The van der Waals surface area contributed by atoms with Crippen LogP contribution in [0.25, 0.3) is 0 Å². The number of benzene rings is 1. The number of hydrogen-bond acceptors (Lipinski definition) is 3. The molecule has 0 radical (unpaired) electrons. The molecule has 18 heavy (non-hydrogen) atoms. The maximum Gasteiger partial charge on any atom is 0.333 e. The van der Waals surface area contributed by atoms with Gasteiger partial charge in [0.05, 0.1) is 19.4 Å². The normalized spacial score (nSPS) is 13.6. The van der Waals surface area contributed by atoms with Crippen LogP contribution in [0.15, 0.2) is 28.7 Å². The van der Waals surface area contributed by atoms with E-state index in [1.54, 1.807) is 38.1 Å². The third-order valence-corrected chi connectivity index (χ3v) is 4.87. The van der Waals surface area contributed by atoms with Gasteiger partial charge < -0.3 is 9.05 Å². The summed E-state index contributed by atoms with van der Waals surface area (Å²) in [5.41, 5.74) is 0.470. The van der Waals surface area contributed by atoms with Crippen LogP contribution in [0.5, 0.6) is 0 Å². The largest absolute Gasteiger partial charge is 0.333 e. The van der Waals surface area contributed by atoms with Crippen molar-refractivity contribution in [2.24, 2.45) is 0 Å². The van der Waals surface area contributed by atoms with Gasteiger partial charge in [0.1, 0.15) is 6.17 Å². The van der Waals surface area contributed by atoms with Crippen LogP contribution in [0.1, 0.15) is 25.6 Å². The zero-order chi connectivity index (χ0) is 13.6. The van der Waals surface area contributed by atoms with Crippen molar-refractivity contribution in [1.82, 2.24) is 0 Å². The molecule has 1 aromatic rings. The van der Waals surface area contributed by atoms with Crippen LogP contribution in [-0.2, 0) is 13.6 Å². The summed E-state index contributed by atoms with van der Waals surface area (Å²) in [5.74, 6) is 0. The van der Waals surface area contributed by atoms with Crippen molar-refractivity contribution in [3.63, 3.8) is 0 Å². The standard InChI is InChI=1S/C12H17BrFO3P/c1-3-16-18(15,17-4-2)9-12(14)10-5-7-11(13)8-6-10/h5-8,12H,3-4,9H2,1-2H3. The monoisotopic (exact) mass is 338 g/mol. The van der Waals surface area contributed by atoms with Gasteiger partial charge in [-0.25, -0.2) is 4.39 Å². The first-order chi connectivity index (χ1) is 8.50. The molecule has 102 valence electrons. The predicted molar refractivity (Wildman–Crippen MR) is 73.7 cm³/mol. The lowest BCUT2D eigenvalue weighted by Crippen LogP contribution is -2.05. The summed E-state index contributed by atoms with van der Waals surface area (Å²) in [4.78, 5) is 0. The topological polar surface area (TPSA) is 35.5 Å². The average molecular weight is 339 g/mol. The molecule has 0 amide bonds. The molecule has 3 nitrogen and oxygen atoms in total. The highest BCUT2D eigenvalue weighted by Crippen LogP contribution is 2.51. The Bertz CT molecular complexity index is 400. The molecule has 0 aliphatic rings. The van der Waals surface area contributed by atoms with E-state index in [1.165, 1.54) is 0 Å². The van der Waals surface area contributed by atoms with Crippen molar-refractivity contribution in [2.75, 3.05) is 19.4 Å². The third kappa shape index (κ3) is 4.81. The fraction of sp³-hybridized carbons (Fsp3) is 0.500. The Kier molecular flexibility index (Phi) is 6.50. The Labute approximate surface area is 115 Å².